The van der Waals surface area contributed by atoms with Crippen molar-refractivity contribution < 1.29 is 22.4 Å². The fraction of sp³-hybridized carbons (Fsp3) is 0.481. The molecule has 1 aliphatic carbocycles. The van der Waals surface area contributed by atoms with E-state index in [0.717, 1.165) is 13.1 Å². The lowest BCUT2D eigenvalue weighted by molar-refractivity contribution is -0.116. The lowest BCUT2D eigenvalue weighted by Crippen LogP contribution is -2.52. The van der Waals surface area contributed by atoms with Gasteiger partial charge in [-0.05, 0) is 48.7 Å². The maximum Gasteiger partial charge on any atom is 0.254 e. The van der Waals surface area contributed by atoms with Gasteiger partial charge >= 0.3 is 0 Å². The first-order valence-electron chi connectivity index (χ1n) is 13.0. The molecule has 2 amide bonds. The number of carbonyl (C=O) groups excluding carboxylic acids is 2. The Balaban J connectivity index is 1.20. The maximum absolute atomic E-state index is 13.4. The van der Waals surface area contributed by atoms with Crippen LogP contribution in [0.5, 0.6) is 0 Å². The SMILES string of the molecule is O=C1Nc2cc(C(=O)N3CCN(C4CCCCC4)CC3)ccc2NC1CS(=O)(=O)Cc1cccc(F)c1. The van der Waals surface area contributed by atoms with Crippen LogP contribution in [-0.4, -0.2) is 74.0 Å². The van der Waals surface area contributed by atoms with E-state index >= 15 is 0 Å². The number of nitrogens with one attached hydrogen (secondary N) is 2. The van der Waals surface area contributed by atoms with Crippen molar-refractivity contribution >= 4 is 33.0 Å². The number of fused-ring (bicyclic) bond motifs is 1. The fourth-order valence-electron chi connectivity index (χ4n) is 5.61. The van der Waals surface area contributed by atoms with E-state index in [1.165, 1.54) is 50.3 Å². The van der Waals surface area contributed by atoms with Crippen LogP contribution in [-0.2, 0) is 20.4 Å². The van der Waals surface area contributed by atoms with Crippen molar-refractivity contribution in [3.63, 3.8) is 0 Å². The van der Waals surface area contributed by atoms with Crippen molar-refractivity contribution in [1.82, 2.24) is 9.80 Å². The predicted molar refractivity (Wildman–Crippen MR) is 141 cm³/mol. The number of nitrogens with zero attached hydrogens (tertiary/aromatic N) is 2. The van der Waals surface area contributed by atoms with Crippen molar-refractivity contribution in [2.24, 2.45) is 0 Å². The van der Waals surface area contributed by atoms with Crippen molar-refractivity contribution in [3.05, 3.63) is 59.4 Å². The second-order valence-corrected chi connectivity index (χ2v) is 12.4. The Kier molecular flexibility index (Phi) is 7.48. The van der Waals surface area contributed by atoms with Crippen LogP contribution in [0.15, 0.2) is 42.5 Å². The monoisotopic (exact) mass is 528 g/mol. The zero-order chi connectivity index (χ0) is 26.0. The summed E-state index contributed by atoms with van der Waals surface area (Å²) < 4.78 is 38.8. The normalized spacial score (nSPS) is 21.2. The van der Waals surface area contributed by atoms with Crippen LogP contribution in [0.1, 0.15) is 48.0 Å². The molecule has 0 radical (unpaired) electrons. The fourth-order valence-corrected chi connectivity index (χ4v) is 7.16. The summed E-state index contributed by atoms with van der Waals surface area (Å²) in [7, 11) is -3.69. The van der Waals surface area contributed by atoms with Crippen molar-refractivity contribution in [2.45, 2.75) is 49.9 Å². The van der Waals surface area contributed by atoms with Gasteiger partial charge in [0.05, 0.1) is 22.9 Å². The van der Waals surface area contributed by atoms with E-state index in [0.29, 0.717) is 41.6 Å². The van der Waals surface area contributed by atoms with Crippen LogP contribution in [0.25, 0.3) is 0 Å². The number of rotatable bonds is 6. The van der Waals surface area contributed by atoms with Gasteiger partial charge in [0.25, 0.3) is 5.91 Å². The number of carbonyl (C=O) groups is 2. The highest BCUT2D eigenvalue weighted by atomic mass is 32.2. The number of piperazine rings is 1. The molecule has 2 fully saturated rings. The van der Waals surface area contributed by atoms with E-state index in [1.54, 1.807) is 24.3 Å². The van der Waals surface area contributed by atoms with E-state index < -0.39 is 33.4 Å². The quantitative estimate of drug-likeness (QED) is 0.597. The molecule has 1 saturated carbocycles. The van der Waals surface area contributed by atoms with Gasteiger partial charge in [-0.3, -0.25) is 14.5 Å². The highest BCUT2D eigenvalue weighted by molar-refractivity contribution is 7.90. The Morgan fingerprint density at radius 2 is 1.73 bits per heavy atom. The minimum absolute atomic E-state index is 0.0693. The second kappa shape index (κ2) is 10.8. The number of sulfone groups is 1. The topological polar surface area (TPSA) is 98.8 Å². The Bertz CT molecular complexity index is 1270. The summed E-state index contributed by atoms with van der Waals surface area (Å²) in [6, 6.07) is 10.1. The van der Waals surface area contributed by atoms with Crippen LogP contribution in [0.4, 0.5) is 15.8 Å². The molecule has 10 heteroatoms. The first kappa shape index (κ1) is 25.7. The number of benzene rings is 2. The zero-order valence-electron chi connectivity index (χ0n) is 20.8. The summed E-state index contributed by atoms with van der Waals surface area (Å²) in [5, 5.41) is 5.74. The van der Waals surface area contributed by atoms with Gasteiger partial charge in [-0.25, -0.2) is 12.8 Å². The van der Waals surface area contributed by atoms with E-state index in [2.05, 4.69) is 15.5 Å². The Morgan fingerprint density at radius 3 is 2.46 bits per heavy atom. The van der Waals surface area contributed by atoms with Crippen LogP contribution < -0.4 is 10.6 Å². The van der Waals surface area contributed by atoms with E-state index in [-0.39, 0.29) is 11.7 Å². The number of hydrogen-bond donors (Lipinski definition) is 2. The molecule has 5 rings (SSSR count). The van der Waals surface area contributed by atoms with Gasteiger partial charge in [-0.15, -0.1) is 0 Å². The molecule has 2 N–H and O–H groups in total. The lowest BCUT2D eigenvalue weighted by Gasteiger charge is -2.40. The van der Waals surface area contributed by atoms with E-state index in [9.17, 15) is 22.4 Å². The zero-order valence-corrected chi connectivity index (χ0v) is 21.6. The average Bonchev–Trinajstić information content (AvgIpc) is 2.88. The highest BCUT2D eigenvalue weighted by Crippen LogP contribution is 2.30. The summed E-state index contributed by atoms with van der Waals surface area (Å²) in [4.78, 5) is 30.3. The molecule has 1 atom stereocenters. The predicted octanol–water partition coefficient (Wildman–Crippen LogP) is 3.26. The minimum Gasteiger partial charge on any atom is -0.371 e. The molecule has 2 aliphatic heterocycles. The molecule has 0 spiro atoms. The third kappa shape index (κ3) is 6.13. The lowest BCUT2D eigenvalue weighted by atomic mass is 9.94. The first-order chi connectivity index (χ1) is 17.8. The van der Waals surface area contributed by atoms with Gasteiger partial charge in [0.2, 0.25) is 5.91 Å². The molecule has 0 bridgehead atoms. The third-order valence-electron chi connectivity index (χ3n) is 7.56. The number of hydrogen-bond acceptors (Lipinski definition) is 6. The number of halogens is 1. The van der Waals surface area contributed by atoms with Crippen molar-refractivity contribution in [3.8, 4) is 0 Å². The maximum atomic E-state index is 13.4. The van der Waals surface area contributed by atoms with Crippen LogP contribution in [0, 0.1) is 5.82 Å². The molecular formula is C27H33FN4O4S. The van der Waals surface area contributed by atoms with Crippen molar-refractivity contribution in [2.75, 3.05) is 42.6 Å². The molecule has 1 unspecified atom stereocenters. The molecule has 3 aliphatic rings. The molecule has 0 aromatic heterocycles. The molecule has 1 saturated heterocycles. The molecule has 2 aromatic carbocycles. The molecule has 2 aromatic rings. The largest absolute Gasteiger partial charge is 0.371 e. The molecule has 37 heavy (non-hydrogen) atoms. The van der Waals surface area contributed by atoms with Gasteiger partial charge in [0.15, 0.2) is 9.84 Å². The van der Waals surface area contributed by atoms with E-state index in [1.807, 2.05) is 4.90 Å². The van der Waals surface area contributed by atoms with Crippen LogP contribution >= 0.6 is 0 Å². The summed E-state index contributed by atoms with van der Waals surface area (Å²) in [6.07, 6.45) is 6.40. The summed E-state index contributed by atoms with van der Waals surface area (Å²) in [5.41, 5.74) is 1.84. The highest BCUT2D eigenvalue weighted by Gasteiger charge is 2.32. The summed E-state index contributed by atoms with van der Waals surface area (Å²) >= 11 is 0. The van der Waals surface area contributed by atoms with Gasteiger partial charge in [-0.2, -0.15) is 0 Å². The molecule has 198 valence electrons. The molecule has 2 heterocycles. The van der Waals surface area contributed by atoms with Gasteiger partial charge < -0.3 is 15.5 Å². The Hall–Kier alpha value is -2.98. The summed E-state index contributed by atoms with van der Waals surface area (Å²) in [5.74, 6) is -1.85. The summed E-state index contributed by atoms with van der Waals surface area (Å²) in [6.45, 7) is 3.13. The number of amides is 2. The Labute approximate surface area is 217 Å². The standard InChI is InChI=1S/C27H33FN4O4S/c28-21-6-4-5-19(15-21)17-37(35,36)18-25-26(33)30-24-16-20(9-10-23(24)29-25)27(34)32-13-11-31(12-14-32)22-7-2-1-3-8-22/h4-6,9-10,15-16,22,25,29H,1-3,7-8,11-14,17-18H2,(H,30,33). The Morgan fingerprint density at radius 1 is 0.973 bits per heavy atom. The van der Waals surface area contributed by atoms with E-state index in [4.69, 9.17) is 0 Å². The van der Waals surface area contributed by atoms with Crippen LogP contribution in [0.2, 0.25) is 0 Å². The van der Waals surface area contributed by atoms with Crippen LogP contribution in [0.3, 0.4) is 0 Å². The molecule has 8 nitrogen and oxygen atoms in total. The number of anilines is 2. The molecular weight excluding hydrogens is 495 g/mol. The third-order valence-corrected chi connectivity index (χ3v) is 9.17. The average molecular weight is 529 g/mol. The smallest absolute Gasteiger partial charge is 0.254 e. The second-order valence-electron chi connectivity index (χ2n) is 10.3. The minimum atomic E-state index is -3.69. The first-order valence-corrected chi connectivity index (χ1v) is 14.8. The van der Waals surface area contributed by atoms with Crippen molar-refractivity contribution in [1.29, 1.82) is 0 Å². The van der Waals surface area contributed by atoms with Gasteiger partial charge in [0, 0.05) is 37.8 Å². The van der Waals surface area contributed by atoms with Gasteiger partial charge in [0.1, 0.15) is 11.9 Å². The van der Waals surface area contributed by atoms with Gasteiger partial charge in [-0.1, -0.05) is 31.4 Å².